The fraction of sp³-hybridized carbons (Fsp3) is 0.444. The summed E-state index contributed by atoms with van der Waals surface area (Å²) in [6.07, 6.45) is 0. The first-order valence-corrected chi connectivity index (χ1v) is 9.90. The first-order valence-electron chi connectivity index (χ1n) is 9.03. The van der Waals surface area contributed by atoms with Gasteiger partial charge in [-0.2, -0.15) is 0 Å². The van der Waals surface area contributed by atoms with Gasteiger partial charge in [-0.3, -0.25) is 19.7 Å². The molecule has 2 amide bonds. The Labute approximate surface area is 180 Å². The molecule has 0 bridgehead atoms. The predicted octanol–water partition coefficient (Wildman–Crippen LogP) is -0.230. The van der Waals surface area contributed by atoms with Crippen LogP contribution in [-0.4, -0.2) is 67.5 Å². The molecule has 2 fully saturated rings. The van der Waals surface area contributed by atoms with E-state index in [1.54, 1.807) is 13.8 Å². The standard InChI is InChI=1S/C18H20N4O8S/c1-17(2)11(13(24)25)21-14(26)18(15(21)31-17,16(27)30-3)20-12(23)10(19)8-6-4-5-7-9(8)22(28)29/h4-7,10-11,15H,19H2,1-3H3,(H,20,23)(H,24,25)/t10?,11-,15+,18?/m0/s1. The molecule has 4 atom stereocenters. The lowest BCUT2D eigenvalue weighted by atomic mass is 9.84. The molecule has 13 heteroatoms. The van der Waals surface area contributed by atoms with Crippen LogP contribution in [-0.2, 0) is 23.9 Å². The number of β-lactam (4-membered cyclic amide) rings is 1. The third-order valence-electron chi connectivity index (χ3n) is 5.36. The van der Waals surface area contributed by atoms with Crippen molar-refractivity contribution in [2.75, 3.05) is 7.11 Å². The number of carbonyl (C=O) groups is 4. The van der Waals surface area contributed by atoms with E-state index >= 15 is 0 Å². The van der Waals surface area contributed by atoms with Crippen LogP contribution in [0.15, 0.2) is 24.3 Å². The van der Waals surface area contributed by atoms with Gasteiger partial charge in [-0.05, 0) is 13.8 Å². The maximum Gasteiger partial charge on any atom is 0.344 e. The quantitative estimate of drug-likeness (QED) is 0.171. The highest BCUT2D eigenvalue weighted by atomic mass is 32.2. The first-order chi connectivity index (χ1) is 14.4. The minimum absolute atomic E-state index is 0.114. The minimum atomic E-state index is -2.20. The van der Waals surface area contributed by atoms with E-state index < -0.39 is 62.1 Å². The number of nitrogens with two attached hydrogens (primary N) is 1. The second-order valence-electron chi connectivity index (χ2n) is 7.61. The number of aliphatic carboxylic acids is 1. The number of thioether (sulfide) groups is 1. The van der Waals surface area contributed by atoms with Crippen LogP contribution in [0.5, 0.6) is 0 Å². The van der Waals surface area contributed by atoms with Gasteiger partial charge in [0.1, 0.15) is 17.5 Å². The predicted molar refractivity (Wildman–Crippen MR) is 107 cm³/mol. The Hall–Kier alpha value is -3.19. The van der Waals surface area contributed by atoms with E-state index in [1.165, 1.54) is 24.3 Å². The number of nitrogens with zero attached hydrogens (tertiary/aromatic N) is 2. The van der Waals surface area contributed by atoms with E-state index in [1.807, 2.05) is 0 Å². The summed E-state index contributed by atoms with van der Waals surface area (Å²) in [6.45, 7) is 3.20. The molecule has 2 saturated heterocycles. The number of carboxylic acid groups (broad SMARTS) is 1. The van der Waals surface area contributed by atoms with E-state index in [2.05, 4.69) is 5.32 Å². The van der Waals surface area contributed by atoms with Gasteiger partial charge in [0.2, 0.25) is 11.4 Å². The van der Waals surface area contributed by atoms with Crippen LogP contribution in [0.2, 0.25) is 0 Å². The second kappa shape index (κ2) is 7.50. The SMILES string of the molecule is COC(=O)C1(NC(=O)C(N)c2ccccc2[N+](=O)[O-])C(=O)N2[C@@H](C(=O)O)C(C)(C)S[C@@H]21. The van der Waals surface area contributed by atoms with Gasteiger partial charge in [0.25, 0.3) is 11.6 Å². The number of fused-ring (bicyclic) bond motifs is 1. The number of esters is 1. The highest BCUT2D eigenvalue weighted by molar-refractivity contribution is 8.01. The van der Waals surface area contributed by atoms with Crippen LogP contribution >= 0.6 is 11.8 Å². The average molecular weight is 452 g/mol. The lowest BCUT2D eigenvalue weighted by Gasteiger charge is -2.50. The van der Waals surface area contributed by atoms with Gasteiger partial charge in [-0.15, -0.1) is 11.8 Å². The fourth-order valence-corrected chi connectivity index (χ4v) is 5.59. The monoisotopic (exact) mass is 452 g/mol. The zero-order valence-corrected chi connectivity index (χ0v) is 17.5. The molecule has 3 rings (SSSR count). The molecule has 0 saturated carbocycles. The molecule has 2 heterocycles. The zero-order valence-electron chi connectivity index (χ0n) is 16.7. The molecular formula is C18H20N4O8S. The van der Waals surface area contributed by atoms with E-state index in [9.17, 15) is 34.4 Å². The lowest BCUT2D eigenvalue weighted by molar-refractivity contribution is -0.385. The highest BCUT2D eigenvalue weighted by Crippen LogP contribution is 2.55. The van der Waals surface area contributed by atoms with Gasteiger partial charge in [0, 0.05) is 10.8 Å². The number of amides is 2. The van der Waals surface area contributed by atoms with Crippen molar-refractivity contribution < 1.29 is 33.9 Å². The summed E-state index contributed by atoms with van der Waals surface area (Å²) in [5, 5.41) is 22.1. The van der Waals surface area contributed by atoms with Crippen molar-refractivity contribution in [3.05, 3.63) is 39.9 Å². The summed E-state index contributed by atoms with van der Waals surface area (Å²) in [5.41, 5.74) is 3.21. The topological polar surface area (TPSA) is 182 Å². The molecule has 12 nitrogen and oxygen atoms in total. The van der Waals surface area contributed by atoms with Gasteiger partial charge in [0.15, 0.2) is 0 Å². The van der Waals surface area contributed by atoms with Crippen LogP contribution in [0.1, 0.15) is 25.5 Å². The molecule has 31 heavy (non-hydrogen) atoms. The van der Waals surface area contributed by atoms with Crippen molar-refractivity contribution in [2.45, 2.75) is 41.6 Å². The highest BCUT2D eigenvalue weighted by Gasteiger charge is 2.76. The maximum atomic E-state index is 13.0. The van der Waals surface area contributed by atoms with Gasteiger partial charge in [-0.1, -0.05) is 18.2 Å². The molecule has 2 aliphatic rings. The van der Waals surface area contributed by atoms with E-state index in [4.69, 9.17) is 10.5 Å². The lowest BCUT2D eigenvalue weighted by Crippen LogP contribution is -2.83. The van der Waals surface area contributed by atoms with Gasteiger partial charge >= 0.3 is 11.9 Å². The molecule has 166 valence electrons. The molecule has 0 aliphatic carbocycles. The molecule has 0 spiro atoms. The normalized spacial score (nSPS) is 27.0. The van der Waals surface area contributed by atoms with Crippen molar-refractivity contribution in [1.82, 2.24) is 10.2 Å². The average Bonchev–Trinajstić information content (AvgIpc) is 2.99. The van der Waals surface area contributed by atoms with Crippen LogP contribution < -0.4 is 11.1 Å². The smallest absolute Gasteiger partial charge is 0.344 e. The third kappa shape index (κ3) is 3.20. The molecule has 0 aromatic heterocycles. The van der Waals surface area contributed by atoms with Crippen molar-refractivity contribution in [1.29, 1.82) is 0 Å². The van der Waals surface area contributed by atoms with Crippen LogP contribution in [0.3, 0.4) is 0 Å². The Morgan fingerprint density at radius 3 is 2.52 bits per heavy atom. The van der Waals surface area contributed by atoms with Crippen molar-refractivity contribution in [3.63, 3.8) is 0 Å². The summed E-state index contributed by atoms with van der Waals surface area (Å²) in [5.74, 6) is -4.31. The van der Waals surface area contributed by atoms with Gasteiger partial charge in [-0.25, -0.2) is 9.59 Å². The van der Waals surface area contributed by atoms with Crippen molar-refractivity contribution in [2.24, 2.45) is 5.73 Å². The number of hydrogen-bond donors (Lipinski definition) is 3. The van der Waals surface area contributed by atoms with Crippen molar-refractivity contribution >= 4 is 41.2 Å². The van der Waals surface area contributed by atoms with Crippen LogP contribution in [0, 0.1) is 10.1 Å². The number of rotatable bonds is 6. The summed E-state index contributed by atoms with van der Waals surface area (Å²) < 4.78 is 3.77. The summed E-state index contributed by atoms with van der Waals surface area (Å²) in [7, 11) is 1.02. The van der Waals surface area contributed by atoms with Gasteiger partial charge < -0.3 is 25.8 Å². The first kappa shape index (κ1) is 22.5. The Balaban J connectivity index is 1.97. The van der Waals surface area contributed by atoms with E-state index in [0.717, 1.165) is 23.8 Å². The number of nitrogens with one attached hydrogen (secondary N) is 1. The summed E-state index contributed by atoms with van der Waals surface area (Å²) in [6, 6.07) is 2.51. The fourth-order valence-electron chi connectivity index (χ4n) is 3.90. The van der Waals surface area contributed by atoms with Crippen LogP contribution in [0.4, 0.5) is 5.69 Å². The molecule has 2 unspecified atom stereocenters. The number of carbonyl (C=O) groups excluding carboxylic acids is 3. The number of hydrogen-bond acceptors (Lipinski definition) is 9. The number of methoxy groups -OCH3 is 1. The minimum Gasteiger partial charge on any atom is -0.480 e. The Kier molecular flexibility index (Phi) is 5.44. The Bertz CT molecular complexity index is 999. The van der Waals surface area contributed by atoms with E-state index in [0.29, 0.717) is 0 Å². The number of benzene rings is 1. The van der Waals surface area contributed by atoms with Crippen molar-refractivity contribution in [3.8, 4) is 0 Å². The van der Waals surface area contributed by atoms with Crippen LogP contribution in [0.25, 0.3) is 0 Å². The molecule has 1 aromatic rings. The zero-order chi connectivity index (χ0) is 23.3. The molecule has 1 aromatic carbocycles. The number of para-hydroxylation sites is 1. The number of carboxylic acids is 1. The number of nitro benzene ring substituents is 1. The third-order valence-corrected chi connectivity index (χ3v) is 6.99. The number of nitro groups is 1. The number of ether oxygens (including phenoxy) is 1. The molecular weight excluding hydrogens is 432 g/mol. The molecule has 0 radical (unpaired) electrons. The second-order valence-corrected chi connectivity index (χ2v) is 9.34. The Morgan fingerprint density at radius 2 is 1.97 bits per heavy atom. The van der Waals surface area contributed by atoms with Gasteiger partial charge in [0.05, 0.1) is 17.6 Å². The summed E-state index contributed by atoms with van der Waals surface area (Å²) in [4.78, 5) is 61.8. The Morgan fingerprint density at radius 1 is 1.35 bits per heavy atom. The maximum absolute atomic E-state index is 13.0. The summed E-state index contributed by atoms with van der Waals surface area (Å²) >= 11 is 1.03. The largest absolute Gasteiger partial charge is 0.480 e. The molecule has 4 N–H and O–H groups in total. The van der Waals surface area contributed by atoms with E-state index in [-0.39, 0.29) is 5.56 Å². The molecule has 2 aliphatic heterocycles.